The van der Waals surface area contributed by atoms with E-state index >= 15 is 0 Å². The van der Waals surface area contributed by atoms with E-state index in [0.29, 0.717) is 6.04 Å². The molecule has 1 aliphatic rings. The van der Waals surface area contributed by atoms with Gasteiger partial charge in [-0.1, -0.05) is 19.9 Å². The van der Waals surface area contributed by atoms with Crippen molar-refractivity contribution < 1.29 is 4.39 Å². The van der Waals surface area contributed by atoms with Crippen molar-refractivity contribution in [2.24, 2.45) is 0 Å². The summed E-state index contributed by atoms with van der Waals surface area (Å²) in [6.07, 6.45) is 4.76. The molecule has 1 aliphatic heterocycles. The topological polar surface area (TPSA) is 15.3 Å². The molecule has 1 aromatic carbocycles. The van der Waals surface area contributed by atoms with Crippen LogP contribution in [0.2, 0.25) is 0 Å². The van der Waals surface area contributed by atoms with E-state index in [2.05, 4.69) is 24.1 Å². The normalized spacial score (nSPS) is 17.9. The monoisotopic (exact) mass is 264 g/mol. The molecule has 0 unspecified atom stereocenters. The first kappa shape index (κ1) is 14.3. The second-order valence-electron chi connectivity index (χ2n) is 5.44. The summed E-state index contributed by atoms with van der Waals surface area (Å²) in [6.45, 7) is 6.84. The van der Waals surface area contributed by atoms with Crippen LogP contribution in [0.3, 0.4) is 0 Å². The number of nitrogens with one attached hydrogen (secondary N) is 1. The molecule has 0 aliphatic carbocycles. The number of hydrogen-bond acceptors (Lipinski definition) is 2. The Kier molecular flexibility index (Phi) is 5.20. The molecule has 0 amide bonds. The van der Waals surface area contributed by atoms with E-state index in [4.69, 9.17) is 0 Å². The Hall–Kier alpha value is -1.09. The van der Waals surface area contributed by atoms with Crippen LogP contribution in [-0.4, -0.2) is 30.1 Å². The van der Waals surface area contributed by atoms with Crippen molar-refractivity contribution in [2.75, 3.05) is 18.4 Å². The number of hydrogen-bond donors (Lipinski definition) is 1. The molecule has 3 heteroatoms. The lowest BCUT2D eigenvalue weighted by atomic mass is 10.0. The van der Waals surface area contributed by atoms with Gasteiger partial charge in [-0.2, -0.15) is 0 Å². The largest absolute Gasteiger partial charge is 0.382 e. The number of halogens is 1. The lowest BCUT2D eigenvalue weighted by Gasteiger charge is -2.37. The Bertz CT molecular complexity index is 382. The molecule has 0 saturated carbocycles. The van der Waals surface area contributed by atoms with E-state index in [-0.39, 0.29) is 5.82 Å². The maximum absolute atomic E-state index is 13.1. The van der Waals surface area contributed by atoms with Crippen molar-refractivity contribution in [3.05, 3.63) is 30.1 Å². The minimum Gasteiger partial charge on any atom is -0.382 e. The zero-order chi connectivity index (χ0) is 13.7. The van der Waals surface area contributed by atoms with Gasteiger partial charge in [-0.25, -0.2) is 4.39 Å². The van der Waals surface area contributed by atoms with Gasteiger partial charge in [0.05, 0.1) is 0 Å². The molecule has 0 spiro atoms. The van der Waals surface area contributed by atoms with Crippen molar-refractivity contribution in [2.45, 2.75) is 51.6 Å². The van der Waals surface area contributed by atoms with Gasteiger partial charge in [0.1, 0.15) is 5.82 Å². The Balaban J connectivity index is 1.83. The Morgan fingerprint density at radius 3 is 2.53 bits per heavy atom. The smallest absolute Gasteiger partial charge is 0.125 e. The number of anilines is 1. The Morgan fingerprint density at radius 2 is 1.95 bits per heavy atom. The highest BCUT2D eigenvalue weighted by Crippen LogP contribution is 2.20. The third-order valence-electron chi connectivity index (χ3n) is 4.18. The van der Waals surface area contributed by atoms with Crippen LogP contribution in [0.4, 0.5) is 10.1 Å². The van der Waals surface area contributed by atoms with Gasteiger partial charge in [0.15, 0.2) is 0 Å². The molecule has 106 valence electrons. The van der Waals surface area contributed by atoms with Crippen LogP contribution in [0, 0.1) is 5.82 Å². The lowest BCUT2D eigenvalue weighted by Crippen LogP contribution is -2.44. The van der Waals surface area contributed by atoms with Crippen LogP contribution in [0.5, 0.6) is 0 Å². The van der Waals surface area contributed by atoms with Crippen LogP contribution >= 0.6 is 0 Å². The highest BCUT2D eigenvalue weighted by Gasteiger charge is 2.22. The van der Waals surface area contributed by atoms with E-state index in [1.165, 1.54) is 18.9 Å². The van der Waals surface area contributed by atoms with Crippen LogP contribution < -0.4 is 5.32 Å². The van der Waals surface area contributed by atoms with Crippen LogP contribution in [0.15, 0.2) is 24.3 Å². The van der Waals surface area contributed by atoms with E-state index < -0.39 is 0 Å². The molecule has 0 bridgehead atoms. The van der Waals surface area contributed by atoms with Gasteiger partial charge in [0.2, 0.25) is 0 Å². The molecule has 0 atom stereocenters. The molecule has 1 fully saturated rings. The van der Waals surface area contributed by atoms with Gasteiger partial charge < -0.3 is 10.2 Å². The number of piperidine rings is 1. The summed E-state index contributed by atoms with van der Waals surface area (Å²) in [7, 11) is 0. The second-order valence-corrected chi connectivity index (χ2v) is 5.44. The first-order valence-corrected chi connectivity index (χ1v) is 7.49. The van der Waals surface area contributed by atoms with E-state index in [9.17, 15) is 4.39 Å². The maximum Gasteiger partial charge on any atom is 0.125 e. The van der Waals surface area contributed by atoms with E-state index in [0.717, 1.165) is 37.7 Å². The highest BCUT2D eigenvalue weighted by atomic mass is 19.1. The minimum absolute atomic E-state index is 0.167. The highest BCUT2D eigenvalue weighted by molar-refractivity contribution is 5.44. The number of likely N-dealkylation sites (tertiary alicyclic amines) is 1. The van der Waals surface area contributed by atoms with Gasteiger partial charge in [-0.05, 0) is 43.9 Å². The molecule has 1 aromatic rings. The summed E-state index contributed by atoms with van der Waals surface area (Å²) in [5.74, 6) is -0.167. The van der Waals surface area contributed by atoms with Gasteiger partial charge >= 0.3 is 0 Å². The molecular formula is C16H25FN2. The molecule has 2 nitrogen and oxygen atoms in total. The fraction of sp³-hybridized carbons (Fsp3) is 0.625. The lowest BCUT2D eigenvalue weighted by molar-refractivity contribution is 0.149. The number of rotatable bonds is 5. The summed E-state index contributed by atoms with van der Waals surface area (Å²) in [6, 6.07) is 7.98. The Morgan fingerprint density at radius 1 is 1.26 bits per heavy atom. The minimum atomic E-state index is -0.167. The first-order valence-electron chi connectivity index (χ1n) is 7.49. The molecule has 1 heterocycles. The number of benzene rings is 1. The second kappa shape index (κ2) is 6.90. The van der Waals surface area contributed by atoms with Gasteiger partial charge in [-0.3, -0.25) is 0 Å². The third-order valence-corrected chi connectivity index (χ3v) is 4.18. The molecule has 1 saturated heterocycles. The molecule has 0 aromatic heterocycles. The Labute approximate surface area is 116 Å². The summed E-state index contributed by atoms with van der Waals surface area (Å²) in [5.41, 5.74) is 0.904. The predicted molar refractivity (Wildman–Crippen MR) is 79.0 cm³/mol. The molecule has 1 N–H and O–H groups in total. The predicted octanol–water partition coefficient (Wildman–Crippen LogP) is 3.89. The summed E-state index contributed by atoms with van der Waals surface area (Å²) >= 11 is 0. The van der Waals surface area contributed by atoms with Gasteiger partial charge in [0, 0.05) is 30.9 Å². The summed E-state index contributed by atoms with van der Waals surface area (Å²) in [4.78, 5) is 2.60. The van der Waals surface area contributed by atoms with Crippen molar-refractivity contribution in [3.63, 3.8) is 0 Å². The van der Waals surface area contributed by atoms with Gasteiger partial charge in [0.25, 0.3) is 0 Å². The number of nitrogens with zero attached hydrogens (tertiary/aromatic N) is 1. The fourth-order valence-electron chi connectivity index (χ4n) is 3.03. The molecule has 2 rings (SSSR count). The molecule has 0 radical (unpaired) electrons. The van der Waals surface area contributed by atoms with Crippen molar-refractivity contribution in [1.82, 2.24) is 4.90 Å². The summed E-state index contributed by atoms with van der Waals surface area (Å²) in [5, 5.41) is 3.45. The van der Waals surface area contributed by atoms with Crippen molar-refractivity contribution in [3.8, 4) is 0 Å². The van der Waals surface area contributed by atoms with Crippen LogP contribution in [0.25, 0.3) is 0 Å². The van der Waals surface area contributed by atoms with Crippen LogP contribution in [-0.2, 0) is 0 Å². The SMILES string of the molecule is CCC(CC)N1CCC(Nc2cccc(F)c2)CC1. The van der Waals surface area contributed by atoms with Crippen LogP contribution in [0.1, 0.15) is 39.5 Å². The zero-order valence-corrected chi connectivity index (χ0v) is 12.0. The third kappa shape index (κ3) is 3.93. The van der Waals surface area contributed by atoms with E-state index in [1.807, 2.05) is 6.07 Å². The molecule has 19 heavy (non-hydrogen) atoms. The zero-order valence-electron chi connectivity index (χ0n) is 12.0. The summed E-state index contributed by atoms with van der Waals surface area (Å²) < 4.78 is 13.1. The average molecular weight is 264 g/mol. The molecular weight excluding hydrogens is 239 g/mol. The van der Waals surface area contributed by atoms with E-state index in [1.54, 1.807) is 12.1 Å². The first-order chi connectivity index (χ1) is 9.22. The quantitative estimate of drug-likeness (QED) is 0.868. The maximum atomic E-state index is 13.1. The van der Waals surface area contributed by atoms with Gasteiger partial charge in [-0.15, -0.1) is 0 Å². The standard InChI is InChI=1S/C16H25FN2/c1-3-16(4-2)19-10-8-14(9-11-19)18-15-7-5-6-13(17)12-15/h5-7,12,14,16,18H,3-4,8-11H2,1-2H3. The van der Waals surface area contributed by atoms with Crippen molar-refractivity contribution >= 4 is 5.69 Å². The fourth-order valence-corrected chi connectivity index (χ4v) is 3.03. The average Bonchev–Trinajstić information content (AvgIpc) is 2.42. The van der Waals surface area contributed by atoms with Crippen molar-refractivity contribution in [1.29, 1.82) is 0 Å².